The van der Waals surface area contributed by atoms with Crippen molar-refractivity contribution in [3.8, 4) is 0 Å². The smallest absolute Gasteiger partial charge is 0.337 e. The number of pyridine rings is 1. The lowest BCUT2D eigenvalue weighted by Crippen LogP contribution is -2.03. The molecule has 0 saturated carbocycles. The molecule has 0 spiro atoms. The molecule has 0 atom stereocenters. The van der Waals surface area contributed by atoms with Crippen LogP contribution in [0.25, 0.3) is 6.08 Å². The van der Waals surface area contributed by atoms with Gasteiger partial charge in [0, 0.05) is 18.5 Å². The van der Waals surface area contributed by atoms with E-state index in [1.54, 1.807) is 42.7 Å². The van der Waals surface area contributed by atoms with E-state index in [4.69, 9.17) is 4.74 Å². The normalized spacial score (nSPS) is 10.5. The van der Waals surface area contributed by atoms with E-state index in [1.807, 2.05) is 12.1 Å². The summed E-state index contributed by atoms with van der Waals surface area (Å²) in [7, 11) is 1.33. The number of aryl methyl sites for hydroxylation is 1. The van der Waals surface area contributed by atoms with Crippen molar-refractivity contribution in [1.82, 2.24) is 4.98 Å². The molecule has 0 amide bonds. The topological polar surface area (TPSA) is 65.5 Å². The molecule has 2 rings (SSSR count). The van der Waals surface area contributed by atoms with E-state index in [0.717, 1.165) is 24.0 Å². The van der Waals surface area contributed by atoms with E-state index in [9.17, 15) is 9.59 Å². The Kier molecular flexibility index (Phi) is 6.71. The number of hydrogen-bond acceptors (Lipinski definition) is 5. The monoisotopic (exact) mass is 325 g/mol. The number of carbonyl (C=O) groups is 2. The second-order valence-electron chi connectivity index (χ2n) is 5.08. The van der Waals surface area contributed by atoms with Gasteiger partial charge in [-0.3, -0.25) is 4.98 Å². The van der Waals surface area contributed by atoms with Gasteiger partial charge in [-0.25, -0.2) is 9.59 Å². The Hall–Kier alpha value is -2.95. The zero-order chi connectivity index (χ0) is 17.2. The molecule has 24 heavy (non-hydrogen) atoms. The SMILES string of the molecule is COC(=O)c1ccc(C=CC(=O)OCCCc2cccnc2)cc1. The number of ether oxygens (including phenoxy) is 2. The quantitative estimate of drug-likeness (QED) is 0.445. The minimum absolute atomic E-state index is 0.360. The third kappa shape index (κ3) is 5.68. The number of hydrogen-bond donors (Lipinski definition) is 0. The molecule has 1 aromatic carbocycles. The molecule has 124 valence electrons. The van der Waals surface area contributed by atoms with Crippen LogP contribution >= 0.6 is 0 Å². The fourth-order valence-corrected chi connectivity index (χ4v) is 2.06. The fourth-order valence-electron chi connectivity index (χ4n) is 2.06. The predicted molar refractivity (Wildman–Crippen MR) is 90.3 cm³/mol. The lowest BCUT2D eigenvalue weighted by atomic mass is 10.1. The molecule has 0 unspecified atom stereocenters. The first-order valence-corrected chi connectivity index (χ1v) is 7.61. The van der Waals surface area contributed by atoms with Gasteiger partial charge in [0.15, 0.2) is 0 Å². The maximum absolute atomic E-state index is 11.7. The Bertz CT molecular complexity index is 693. The van der Waals surface area contributed by atoms with Crippen molar-refractivity contribution in [1.29, 1.82) is 0 Å². The molecule has 0 saturated heterocycles. The standard InChI is InChI=1S/C19H19NO4/c1-23-19(22)17-9-6-15(7-10-17)8-11-18(21)24-13-3-5-16-4-2-12-20-14-16/h2,4,6-12,14H,3,5,13H2,1H3. The van der Waals surface area contributed by atoms with Gasteiger partial charge < -0.3 is 9.47 Å². The average molecular weight is 325 g/mol. The van der Waals surface area contributed by atoms with Gasteiger partial charge in [0.05, 0.1) is 19.3 Å². The van der Waals surface area contributed by atoms with Gasteiger partial charge in [-0.05, 0) is 48.2 Å². The van der Waals surface area contributed by atoms with E-state index in [0.29, 0.717) is 12.2 Å². The fraction of sp³-hybridized carbons (Fsp3) is 0.211. The molecule has 5 heteroatoms. The molecule has 1 heterocycles. The van der Waals surface area contributed by atoms with Gasteiger partial charge in [-0.2, -0.15) is 0 Å². The number of benzene rings is 1. The number of nitrogens with zero attached hydrogens (tertiary/aromatic N) is 1. The Morgan fingerprint density at radius 3 is 2.62 bits per heavy atom. The summed E-state index contributed by atoms with van der Waals surface area (Å²) in [6.07, 6.45) is 8.12. The van der Waals surface area contributed by atoms with Crippen molar-refractivity contribution in [2.75, 3.05) is 13.7 Å². The second kappa shape index (κ2) is 9.25. The summed E-state index contributed by atoms with van der Waals surface area (Å²) in [5.41, 5.74) is 2.39. The van der Waals surface area contributed by atoms with E-state index in [-0.39, 0.29) is 0 Å². The first kappa shape index (κ1) is 17.4. The number of methoxy groups -OCH3 is 1. The highest BCUT2D eigenvalue weighted by molar-refractivity contribution is 5.90. The van der Waals surface area contributed by atoms with Crippen LogP contribution in [0.15, 0.2) is 54.9 Å². The van der Waals surface area contributed by atoms with Crippen molar-refractivity contribution in [3.05, 3.63) is 71.6 Å². The third-order valence-corrected chi connectivity index (χ3v) is 3.32. The van der Waals surface area contributed by atoms with E-state index in [2.05, 4.69) is 9.72 Å². The predicted octanol–water partition coefficient (Wildman–Crippen LogP) is 3.06. The maximum atomic E-state index is 11.7. The molecule has 0 aliphatic carbocycles. The molecular formula is C19H19NO4. The Balaban J connectivity index is 1.73. The van der Waals surface area contributed by atoms with Crippen molar-refractivity contribution in [2.24, 2.45) is 0 Å². The minimum atomic E-state index is -0.391. The van der Waals surface area contributed by atoms with Crippen LogP contribution in [0.4, 0.5) is 0 Å². The summed E-state index contributed by atoms with van der Waals surface area (Å²) < 4.78 is 9.77. The van der Waals surface area contributed by atoms with Crippen LogP contribution < -0.4 is 0 Å². The van der Waals surface area contributed by atoms with Crippen LogP contribution in [0.3, 0.4) is 0 Å². The van der Waals surface area contributed by atoms with Gasteiger partial charge in [0.2, 0.25) is 0 Å². The van der Waals surface area contributed by atoms with Gasteiger partial charge in [0.25, 0.3) is 0 Å². The molecule has 1 aromatic heterocycles. The Morgan fingerprint density at radius 2 is 1.96 bits per heavy atom. The summed E-state index contributed by atoms with van der Waals surface area (Å²) in [6, 6.07) is 10.6. The van der Waals surface area contributed by atoms with Crippen LogP contribution in [0.1, 0.15) is 27.9 Å². The summed E-state index contributed by atoms with van der Waals surface area (Å²) in [5, 5.41) is 0. The van der Waals surface area contributed by atoms with Crippen molar-refractivity contribution in [2.45, 2.75) is 12.8 Å². The second-order valence-corrected chi connectivity index (χ2v) is 5.08. The van der Waals surface area contributed by atoms with Gasteiger partial charge >= 0.3 is 11.9 Å². The molecule has 5 nitrogen and oxygen atoms in total. The molecule has 0 fully saturated rings. The largest absolute Gasteiger partial charge is 0.465 e. The first-order chi connectivity index (χ1) is 11.7. The highest BCUT2D eigenvalue weighted by Gasteiger charge is 2.03. The minimum Gasteiger partial charge on any atom is -0.465 e. The molecular weight excluding hydrogens is 306 g/mol. The average Bonchev–Trinajstić information content (AvgIpc) is 2.64. The summed E-state index contributed by atoms with van der Waals surface area (Å²) in [6.45, 7) is 0.360. The lowest BCUT2D eigenvalue weighted by molar-refractivity contribution is -0.137. The van der Waals surface area contributed by atoms with E-state index >= 15 is 0 Å². The Morgan fingerprint density at radius 1 is 1.17 bits per heavy atom. The van der Waals surface area contributed by atoms with Gasteiger partial charge in [-0.15, -0.1) is 0 Å². The van der Waals surface area contributed by atoms with Crippen LogP contribution in [0, 0.1) is 0 Å². The molecule has 2 aromatic rings. The summed E-state index contributed by atoms with van der Waals surface area (Å²) >= 11 is 0. The summed E-state index contributed by atoms with van der Waals surface area (Å²) in [5.74, 6) is -0.781. The maximum Gasteiger partial charge on any atom is 0.337 e. The molecule has 0 aliphatic rings. The van der Waals surface area contributed by atoms with E-state index in [1.165, 1.54) is 13.2 Å². The van der Waals surface area contributed by atoms with Crippen LogP contribution in [-0.2, 0) is 20.7 Å². The Labute approximate surface area is 140 Å². The molecule has 0 radical (unpaired) electrons. The first-order valence-electron chi connectivity index (χ1n) is 7.61. The van der Waals surface area contributed by atoms with E-state index < -0.39 is 11.9 Å². The van der Waals surface area contributed by atoms with Crippen molar-refractivity contribution < 1.29 is 19.1 Å². The van der Waals surface area contributed by atoms with Crippen molar-refractivity contribution in [3.63, 3.8) is 0 Å². The van der Waals surface area contributed by atoms with Gasteiger partial charge in [-0.1, -0.05) is 18.2 Å². The number of aromatic nitrogens is 1. The lowest BCUT2D eigenvalue weighted by Gasteiger charge is -2.02. The molecule has 0 bridgehead atoms. The zero-order valence-electron chi connectivity index (χ0n) is 13.5. The zero-order valence-corrected chi connectivity index (χ0v) is 13.5. The van der Waals surface area contributed by atoms with Crippen LogP contribution in [-0.4, -0.2) is 30.6 Å². The third-order valence-electron chi connectivity index (χ3n) is 3.32. The molecule has 0 aliphatic heterocycles. The highest BCUT2D eigenvalue weighted by Crippen LogP contribution is 2.07. The van der Waals surface area contributed by atoms with Crippen molar-refractivity contribution >= 4 is 18.0 Å². The number of carbonyl (C=O) groups excluding carboxylic acids is 2. The van der Waals surface area contributed by atoms with Gasteiger partial charge in [0.1, 0.15) is 0 Å². The molecule has 0 N–H and O–H groups in total. The number of rotatable bonds is 7. The highest BCUT2D eigenvalue weighted by atomic mass is 16.5. The number of esters is 2. The summed E-state index contributed by atoms with van der Waals surface area (Å²) in [4.78, 5) is 27.0. The van der Waals surface area contributed by atoms with Crippen LogP contribution in [0.5, 0.6) is 0 Å². The van der Waals surface area contributed by atoms with Crippen LogP contribution in [0.2, 0.25) is 0 Å².